The minimum atomic E-state index is 0.503. The summed E-state index contributed by atoms with van der Waals surface area (Å²) < 4.78 is 6.02. The van der Waals surface area contributed by atoms with Crippen molar-refractivity contribution in [3.63, 3.8) is 0 Å². The van der Waals surface area contributed by atoms with E-state index in [0.717, 1.165) is 31.1 Å². The average molecular weight is 261 g/mol. The van der Waals surface area contributed by atoms with Gasteiger partial charge in [0.25, 0.3) is 0 Å². The highest BCUT2D eigenvalue weighted by molar-refractivity contribution is 5.43. The maximum absolute atomic E-state index is 6.02. The lowest BCUT2D eigenvalue weighted by Crippen LogP contribution is -2.22. The third-order valence-electron chi connectivity index (χ3n) is 4.00. The third kappa shape index (κ3) is 3.73. The number of rotatable bonds is 6. The lowest BCUT2D eigenvalue weighted by molar-refractivity contribution is 0.292. The first kappa shape index (κ1) is 14.4. The molecule has 0 radical (unpaired) electrons. The Labute approximate surface area is 117 Å². The van der Waals surface area contributed by atoms with Crippen LogP contribution in [-0.4, -0.2) is 13.7 Å². The van der Waals surface area contributed by atoms with Crippen LogP contribution in [0.15, 0.2) is 18.2 Å². The molecular formula is C17H27NO. The van der Waals surface area contributed by atoms with Crippen LogP contribution in [0.1, 0.15) is 56.7 Å². The molecule has 0 saturated heterocycles. The Balaban J connectivity index is 2.01. The summed E-state index contributed by atoms with van der Waals surface area (Å²) in [5.41, 5.74) is 2.87. The largest absolute Gasteiger partial charge is 0.493 e. The Kier molecular flexibility index (Phi) is 5.26. The Morgan fingerprint density at radius 2 is 2.21 bits per heavy atom. The predicted octanol–water partition coefficient (Wildman–Crippen LogP) is 4.10. The van der Waals surface area contributed by atoms with Gasteiger partial charge in [-0.15, -0.1) is 0 Å². The molecular weight excluding hydrogens is 234 g/mol. The molecule has 1 aliphatic carbocycles. The number of fused-ring (bicyclic) bond motifs is 1. The number of ether oxygens (including phenoxy) is 1. The summed E-state index contributed by atoms with van der Waals surface area (Å²) in [6.45, 7) is 5.38. The molecule has 0 heterocycles. The van der Waals surface area contributed by atoms with E-state index in [1.165, 1.54) is 30.4 Å². The summed E-state index contributed by atoms with van der Waals surface area (Å²) in [4.78, 5) is 0. The van der Waals surface area contributed by atoms with Crippen LogP contribution in [0.4, 0.5) is 0 Å². The molecule has 106 valence electrons. The van der Waals surface area contributed by atoms with Gasteiger partial charge in [0.05, 0.1) is 6.61 Å². The molecule has 0 spiro atoms. The number of nitrogens with one attached hydrogen (secondary N) is 1. The van der Waals surface area contributed by atoms with Crippen LogP contribution in [0.3, 0.4) is 0 Å². The van der Waals surface area contributed by atoms with Crippen LogP contribution in [-0.2, 0) is 6.42 Å². The number of hydrogen-bond acceptors (Lipinski definition) is 2. The maximum Gasteiger partial charge on any atom is 0.122 e. The average Bonchev–Trinajstić information content (AvgIpc) is 2.42. The van der Waals surface area contributed by atoms with Crippen molar-refractivity contribution in [3.8, 4) is 5.75 Å². The number of hydrogen-bond donors (Lipinski definition) is 1. The second kappa shape index (κ2) is 6.95. The highest BCUT2D eigenvalue weighted by Crippen LogP contribution is 2.35. The van der Waals surface area contributed by atoms with E-state index in [-0.39, 0.29) is 0 Å². The van der Waals surface area contributed by atoms with Crippen molar-refractivity contribution in [2.45, 2.75) is 52.0 Å². The second-order valence-corrected chi connectivity index (χ2v) is 5.94. The van der Waals surface area contributed by atoms with Gasteiger partial charge < -0.3 is 10.1 Å². The molecule has 2 heteroatoms. The van der Waals surface area contributed by atoms with Crippen LogP contribution in [0.2, 0.25) is 0 Å². The molecule has 0 saturated carbocycles. The Hall–Kier alpha value is -1.02. The van der Waals surface area contributed by atoms with Gasteiger partial charge in [0.15, 0.2) is 0 Å². The van der Waals surface area contributed by atoms with Crippen LogP contribution in [0.5, 0.6) is 5.75 Å². The van der Waals surface area contributed by atoms with E-state index in [4.69, 9.17) is 4.74 Å². The van der Waals surface area contributed by atoms with Gasteiger partial charge in [-0.3, -0.25) is 0 Å². The zero-order valence-electron chi connectivity index (χ0n) is 12.5. The zero-order valence-corrected chi connectivity index (χ0v) is 12.5. The van der Waals surface area contributed by atoms with Crippen LogP contribution >= 0.6 is 0 Å². The molecule has 19 heavy (non-hydrogen) atoms. The second-order valence-electron chi connectivity index (χ2n) is 5.94. The molecule has 1 aliphatic rings. The number of benzene rings is 1. The van der Waals surface area contributed by atoms with Gasteiger partial charge in [0.2, 0.25) is 0 Å². The fourth-order valence-corrected chi connectivity index (χ4v) is 2.92. The molecule has 0 amide bonds. The van der Waals surface area contributed by atoms with Crippen molar-refractivity contribution in [2.24, 2.45) is 5.92 Å². The van der Waals surface area contributed by atoms with Gasteiger partial charge in [0.1, 0.15) is 5.75 Å². The van der Waals surface area contributed by atoms with E-state index in [0.29, 0.717) is 6.04 Å². The van der Waals surface area contributed by atoms with E-state index in [1.54, 1.807) is 0 Å². The monoisotopic (exact) mass is 261 g/mol. The van der Waals surface area contributed by atoms with E-state index >= 15 is 0 Å². The first-order chi connectivity index (χ1) is 9.22. The standard InChI is InChI=1S/C17H27NO/c1-13(2)7-6-12-19-17-11-5-8-14-15(17)9-4-10-16(14)18-3/h5,8,11,13,16,18H,4,6-7,9-10,12H2,1-3H3. The fraction of sp³-hybridized carbons (Fsp3) is 0.647. The molecule has 2 nitrogen and oxygen atoms in total. The minimum Gasteiger partial charge on any atom is -0.493 e. The van der Waals surface area contributed by atoms with Crippen molar-refractivity contribution in [2.75, 3.05) is 13.7 Å². The van der Waals surface area contributed by atoms with Gasteiger partial charge in [0, 0.05) is 6.04 Å². The molecule has 2 rings (SSSR count). The lowest BCUT2D eigenvalue weighted by atomic mass is 9.87. The minimum absolute atomic E-state index is 0.503. The lowest BCUT2D eigenvalue weighted by Gasteiger charge is -2.27. The van der Waals surface area contributed by atoms with Gasteiger partial charge >= 0.3 is 0 Å². The summed E-state index contributed by atoms with van der Waals surface area (Å²) in [5, 5.41) is 3.41. The van der Waals surface area contributed by atoms with E-state index < -0.39 is 0 Å². The van der Waals surface area contributed by atoms with Gasteiger partial charge in [-0.1, -0.05) is 26.0 Å². The first-order valence-electron chi connectivity index (χ1n) is 7.64. The van der Waals surface area contributed by atoms with Crippen molar-refractivity contribution < 1.29 is 4.74 Å². The quantitative estimate of drug-likeness (QED) is 0.778. The van der Waals surface area contributed by atoms with Crippen molar-refractivity contribution >= 4 is 0 Å². The van der Waals surface area contributed by atoms with Crippen molar-refractivity contribution in [1.29, 1.82) is 0 Å². The Morgan fingerprint density at radius 1 is 1.37 bits per heavy atom. The Morgan fingerprint density at radius 3 is 2.95 bits per heavy atom. The van der Waals surface area contributed by atoms with Crippen molar-refractivity contribution in [1.82, 2.24) is 5.32 Å². The van der Waals surface area contributed by atoms with Crippen LogP contribution < -0.4 is 10.1 Å². The molecule has 1 atom stereocenters. The van der Waals surface area contributed by atoms with Crippen LogP contribution in [0.25, 0.3) is 0 Å². The highest BCUT2D eigenvalue weighted by Gasteiger charge is 2.21. The summed E-state index contributed by atoms with van der Waals surface area (Å²) in [6, 6.07) is 7.01. The van der Waals surface area contributed by atoms with E-state index in [2.05, 4.69) is 44.4 Å². The molecule has 0 aromatic heterocycles. The topological polar surface area (TPSA) is 21.3 Å². The summed E-state index contributed by atoms with van der Waals surface area (Å²) in [5.74, 6) is 1.88. The summed E-state index contributed by atoms with van der Waals surface area (Å²) in [6.07, 6.45) is 6.05. The smallest absolute Gasteiger partial charge is 0.122 e. The third-order valence-corrected chi connectivity index (χ3v) is 4.00. The summed E-state index contributed by atoms with van der Waals surface area (Å²) >= 11 is 0. The highest BCUT2D eigenvalue weighted by atomic mass is 16.5. The normalized spacial score (nSPS) is 18.4. The van der Waals surface area contributed by atoms with E-state index in [1.807, 2.05) is 0 Å². The molecule has 0 fully saturated rings. The van der Waals surface area contributed by atoms with Gasteiger partial charge in [-0.05, 0) is 62.3 Å². The SMILES string of the molecule is CNC1CCCc2c(OCCCC(C)C)cccc21. The van der Waals surface area contributed by atoms with Crippen molar-refractivity contribution in [3.05, 3.63) is 29.3 Å². The molecule has 0 bridgehead atoms. The molecule has 1 N–H and O–H groups in total. The fourth-order valence-electron chi connectivity index (χ4n) is 2.92. The summed E-state index contributed by atoms with van der Waals surface area (Å²) in [7, 11) is 2.05. The zero-order chi connectivity index (χ0) is 13.7. The predicted molar refractivity (Wildman–Crippen MR) is 80.7 cm³/mol. The molecule has 1 aromatic rings. The van der Waals surface area contributed by atoms with Gasteiger partial charge in [-0.2, -0.15) is 0 Å². The van der Waals surface area contributed by atoms with Gasteiger partial charge in [-0.25, -0.2) is 0 Å². The van der Waals surface area contributed by atoms with E-state index in [9.17, 15) is 0 Å². The first-order valence-corrected chi connectivity index (χ1v) is 7.64. The molecule has 1 unspecified atom stereocenters. The van der Waals surface area contributed by atoms with Crippen LogP contribution in [0, 0.1) is 5.92 Å². The maximum atomic E-state index is 6.02. The molecule has 1 aromatic carbocycles. The Bertz CT molecular complexity index is 400. The molecule has 0 aliphatic heterocycles.